The number of benzene rings is 1. The van der Waals surface area contributed by atoms with E-state index in [1.807, 2.05) is 0 Å². The monoisotopic (exact) mass is 446 g/mol. The summed E-state index contributed by atoms with van der Waals surface area (Å²) < 4.78 is 10.4. The average molecular weight is 447 g/mol. The van der Waals surface area contributed by atoms with Crippen LogP contribution in [0.3, 0.4) is 0 Å². The second kappa shape index (κ2) is 10.4. The molecule has 0 aliphatic carbocycles. The second-order valence-corrected chi connectivity index (χ2v) is 11.5. The van der Waals surface area contributed by atoms with E-state index in [4.69, 9.17) is 9.47 Å². The third-order valence-corrected chi connectivity index (χ3v) is 6.71. The highest BCUT2D eigenvalue weighted by Crippen LogP contribution is 2.41. The van der Waals surface area contributed by atoms with E-state index in [9.17, 15) is 20.0 Å². The minimum Gasteiger partial charge on any atom is -0.504 e. The van der Waals surface area contributed by atoms with E-state index >= 15 is 0 Å². The van der Waals surface area contributed by atoms with Gasteiger partial charge in [-0.15, -0.1) is 0 Å². The van der Waals surface area contributed by atoms with Crippen molar-refractivity contribution in [1.29, 1.82) is 0 Å². The molecule has 1 aromatic carbocycles. The van der Waals surface area contributed by atoms with Gasteiger partial charge in [-0.25, -0.2) is 0 Å². The van der Waals surface area contributed by atoms with Crippen molar-refractivity contribution in [3.05, 3.63) is 27.8 Å². The summed E-state index contributed by atoms with van der Waals surface area (Å²) in [7, 11) is 4.55. The van der Waals surface area contributed by atoms with Gasteiger partial charge in [0.1, 0.15) is 5.60 Å². The van der Waals surface area contributed by atoms with Crippen LogP contribution in [0.2, 0.25) is 0 Å². The van der Waals surface area contributed by atoms with Gasteiger partial charge in [-0.3, -0.25) is 20.2 Å². The number of nitro benzene ring substituents is 1. The van der Waals surface area contributed by atoms with E-state index in [0.29, 0.717) is 11.3 Å². The SMILES string of the molecule is COc1cc(C(CSSC(C)(C)C)NCC(=O)OC(C)(C)C)c([N+](=O)[O-])cc1O. The zero-order valence-corrected chi connectivity index (χ0v) is 19.5. The minimum absolute atomic E-state index is 0.00103. The first-order chi connectivity index (χ1) is 13.2. The van der Waals surface area contributed by atoms with Gasteiger partial charge < -0.3 is 14.6 Å². The number of phenols is 1. The molecule has 1 unspecified atom stereocenters. The van der Waals surface area contributed by atoms with Crippen LogP contribution < -0.4 is 10.1 Å². The van der Waals surface area contributed by atoms with Crippen molar-refractivity contribution >= 4 is 33.2 Å². The Morgan fingerprint density at radius 2 is 1.90 bits per heavy atom. The number of carbonyl (C=O) groups is 1. The summed E-state index contributed by atoms with van der Waals surface area (Å²) in [5, 5.41) is 24.6. The molecule has 0 aromatic heterocycles. The Kier molecular flexibility index (Phi) is 9.10. The molecule has 0 saturated heterocycles. The standard InChI is InChI=1S/C19H30N2O6S2/c1-18(2,3)27-17(23)10-20-13(11-28-29-19(4,5)6)12-8-16(26-7)15(22)9-14(12)21(24)25/h8-9,13,20,22H,10-11H2,1-7H3. The third-order valence-electron chi connectivity index (χ3n) is 3.36. The number of phenolic OH excluding ortho intramolecular Hbond substituents is 1. The first-order valence-electron chi connectivity index (χ1n) is 9.04. The molecule has 0 aliphatic heterocycles. The van der Waals surface area contributed by atoms with Crippen molar-refractivity contribution in [3.8, 4) is 11.5 Å². The lowest BCUT2D eigenvalue weighted by atomic mass is 10.0. The number of aromatic hydroxyl groups is 1. The molecule has 2 N–H and O–H groups in total. The van der Waals surface area contributed by atoms with Crippen LogP contribution in [0, 0.1) is 10.1 Å². The van der Waals surface area contributed by atoms with E-state index in [2.05, 4.69) is 26.1 Å². The molecular formula is C19H30N2O6S2. The molecule has 1 atom stereocenters. The molecule has 0 amide bonds. The number of hydrogen-bond donors (Lipinski definition) is 2. The van der Waals surface area contributed by atoms with E-state index in [1.165, 1.54) is 13.2 Å². The fourth-order valence-corrected chi connectivity index (χ4v) is 4.82. The molecule has 0 fully saturated rings. The molecule has 164 valence electrons. The maximum atomic E-state index is 12.1. The van der Waals surface area contributed by atoms with Gasteiger partial charge in [-0.1, -0.05) is 42.4 Å². The molecule has 8 nitrogen and oxygen atoms in total. The van der Waals surface area contributed by atoms with Crippen LogP contribution in [0.1, 0.15) is 53.1 Å². The van der Waals surface area contributed by atoms with E-state index in [0.717, 1.165) is 6.07 Å². The van der Waals surface area contributed by atoms with Crippen LogP contribution in [0.15, 0.2) is 12.1 Å². The van der Waals surface area contributed by atoms with Crippen molar-refractivity contribution in [1.82, 2.24) is 5.32 Å². The van der Waals surface area contributed by atoms with E-state index in [-0.39, 0.29) is 28.5 Å². The molecule has 1 rings (SSSR count). The summed E-state index contributed by atoms with van der Waals surface area (Å²) in [6.07, 6.45) is 0. The first kappa shape index (κ1) is 25.4. The van der Waals surface area contributed by atoms with Gasteiger partial charge in [0.2, 0.25) is 0 Å². The zero-order valence-electron chi connectivity index (χ0n) is 17.9. The van der Waals surface area contributed by atoms with Crippen LogP contribution >= 0.6 is 21.6 Å². The maximum Gasteiger partial charge on any atom is 0.320 e. The first-order valence-corrected chi connectivity index (χ1v) is 11.4. The number of hydrogen-bond acceptors (Lipinski definition) is 9. The van der Waals surface area contributed by atoms with Crippen molar-refractivity contribution < 1.29 is 24.3 Å². The predicted molar refractivity (Wildman–Crippen MR) is 118 cm³/mol. The second-order valence-electron chi connectivity index (χ2n) is 8.34. The summed E-state index contributed by atoms with van der Waals surface area (Å²) in [6.45, 7) is 11.4. The molecule has 0 saturated carbocycles. The van der Waals surface area contributed by atoms with Gasteiger partial charge in [-0.05, 0) is 26.8 Å². The van der Waals surface area contributed by atoms with Crippen LogP contribution in [-0.4, -0.2) is 45.8 Å². The highest BCUT2D eigenvalue weighted by Gasteiger charge is 2.27. The number of carbonyl (C=O) groups excluding carboxylic acids is 1. The smallest absolute Gasteiger partial charge is 0.320 e. The van der Waals surface area contributed by atoms with Crippen molar-refractivity contribution in [2.75, 3.05) is 19.4 Å². The summed E-state index contributed by atoms with van der Waals surface area (Å²) >= 11 is 0. The Balaban J connectivity index is 3.15. The highest BCUT2D eigenvalue weighted by atomic mass is 33.1. The Morgan fingerprint density at radius 3 is 2.38 bits per heavy atom. The number of rotatable bonds is 9. The van der Waals surface area contributed by atoms with E-state index in [1.54, 1.807) is 42.4 Å². The lowest BCUT2D eigenvalue weighted by molar-refractivity contribution is -0.385. The van der Waals surface area contributed by atoms with Crippen LogP contribution in [0.25, 0.3) is 0 Å². The Hall–Kier alpha value is -1.65. The number of nitrogens with zero attached hydrogens (tertiary/aromatic N) is 1. The molecule has 0 spiro atoms. The molecule has 0 aliphatic rings. The average Bonchev–Trinajstić information content (AvgIpc) is 2.55. The maximum absolute atomic E-state index is 12.1. The van der Waals surface area contributed by atoms with Crippen LogP contribution in [-0.2, 0) is 9.53 Å². The van der Waals surface area contributed by atoms with E-state index < -0.39 is 22.5 Å². The Labute approximate surface area is 179 Å². The zero-order chi connectivity index (χ0) is 22.4. The number of nitrogens with one attached hydrogen (secondary N) is 1. The van der Waals surface area contributed by atoms with Gasteiger partial charge in [0.15, 0.2) is 11.5 Å². The molecular weight excluding hydrogens is 416 g/mol. The molecule has 0 bridgehead atoms. The van der Waals surface area contributed by atoms with Crippen molar-refractivity contribution in [2.45, 2.75) is 57.9 Å². The highest BCUT2D eigenvalue weighted by molar-refractivity contribution is 8.77. The van der Waals surface area contributed by atoms with Gasteiger partial charge in [-0.2, -0.15) is 0 Å². The number of esters is 1. The Morgan fingerprint density at radius 1 is 1.28 bits per heavy atom. The lowest BCUT2D eigenvalue weighted by Gasteiger charge is -2.23. The number of nitro groups is 1. The molecule has 0 radical (unpaired) electrons. The summed E-state index contributed by atoms with van der Waals surface area (Å²) in [6, 6.07) is 1.97. The van der Waals surface area contributed by atoms with Crippen molar-refractivity contribution in [3.63, 3.8) is 0 Å². The number of ether oxygens (including phenoxy) is 2. The van der Waals surface area contributed by atoms with Gasteiger partial charge in [0.05, 0.1) is 30.2 Å². The predicted octanol–water partition coefficient (Wildman–Crippen LogP) is 4.46. The minimum atomic E-state index is -0.626. The summed E-state index contributed by atoms with van der Waals surface area (Å²) in [5.41, 5.74) is -0.541. The lowest BCUT2D eigenvalue weighted by Crippen LogP contribution is -2.34. The molecule has 1 aromatic rings. The van der Waals surface area contributed by atoms with Crippen LogP contribution in [0.5, 0.6) is 11.5 Å². The molecule has 10 heteroatoms. The van der Waals surface area contributed by atoms with Gasteiger partial charge in [0.25, 0.3) is 5.69 Å². The number of methoxy groups -OCH3 is 1. The fourth-order valence-electron chi connectivity index (χ4n) is 2.30. The molecule has 29 heavy (non-hydrogen) atoms. The fraction of sp³-hybridized carbons (Fsp3) is 0.632. The molecule has 0 heterocycles. The summed E-state index contributed by atoms with van der Waals surface area (Å²) in [5.74, 6) is -0.183. The topological polar surface area (TPSA) is 111 Å². The van der Waals surface area contributed by atoms with Crippen molar-refractivity contribution in [2.24, 2.45) is 0 Å². The largest absolute Gasteiger partial charge is 0.504 e. The Bertz CT molecular complexity index is 729. The third kappa shape index (κ3) is 9.14. The van der Waals surface area contributed by atoms with Crippen LogP contribution in [0.4, 0.5) is 5.69 Å². The summed E-state index contributed by atoms with van der Waals surface area (Å²) in [4.78, 5) is 23.1. The van der Waals surface area contributed by atoms with Gasteiger partial charge in [0, 0.05) is 16.5 Å². The quantitative estimate of drug-likeness (QED) is 0.246. The normalized spacial score (nSPS) is 13.1. The van der Waals surface area contributed by atoms with Gasteiger partial charge >= 0.3 is 5.97 Å².